The summed E-state index contributed by atoms with van der Waals surface area (Å²) in [4.78, 5) is 36.8. The molecule has 0 saturated carbocycles. The third-order valence-corrected chi connectivity index (χ3v) is 5.63. The van der Waals surface area contributed by atoms with Gasteiger partial charge in [-0.25, -0.2) is 9.97 Å². The number of nitrogens with zero attached hydrogens (tertiary/aromatic N) is 2. The Morgan fingerprint density at radius 3 is 2.97 bits per heavy atom. The highest BCUT2D eigenvalue weighted by molar-refractivity contribution is 7.09. The van der Waals surface area contributed by atoms with Gasteiger partial charge in [0.25, 0.3) is 5.56 Å². The van der Waals surface area contributed by atoms with Crippen molar-refractivity contribution >= 4 is 33.8 Å². The zero-order chi connectivity index (χ0) is 21.1. The van der Waals surface area contributed by atoms with Gasteiger partial charge in [-0.15, -0.1) is 11.3 Å². The molecular formula is C22H23N5O2S. The van der Waals surface area contributed by atoms with Crippen LogP contribution in [0.3, 0.4) is 0 Å². The molecule has 0 bridgehead atoms. The summed E-state index contributed by atoms with van der Waals surface area (Å²) in [6.07, 6.45) is 8.92. The Morgan fingerprint density at radius 1 is 1.33 bits per heavy atom. The lowest BCUT2D eigenvalue weighted by molar-refractivity contribution is -0.123. The maximum Gasteiger partial charge on any atom is 0.259 e. The Kier molecular flexibility index (Phi) is 5.76. The SMILES string of the molecule is CCCNC(=O)C1C=C(Nc2nc(-c3csc(C)n3)cc3cc[nH]c(=O)c23)C=CC1. The number of anilines is 1. The fourth-order valence-electron chi connectivity index (χ4n) is 3.38. The van der Waals surface area contributed by atoms with Crippen molar-refractivity contribution in [2.75, 3.05) is 11.9 Å². The second kappa shape index (κ2) is 8.62. The Labute approximate surface area is 178 Å². The third kappa shape index (κ3) is 4.18. The maximum absolute atomic E-state index is 12.5. The van der Waals surface area contributed by atoms with Crippen molar-refractivity contribution in [1.82, 2.24) is 20.3 Å². The van der Waals surface area contributed by atoms with Crippen molar-refractivity contribution in [1.29, 1.82) is 0 Å². The molecule has 0 fully saturated rings. The van der Waals surface area contributed by atoms with Gasteiger partial charge >= 0.3 is 0 Å². The normalized spacial score (nSPS) is 15.8. The molecule has 0 spiro atoms. The van der Waals surface area contributed by atoms with E-state index in [0.717, 1.165) is 28.2 Å². The monoisotopic (exact) mass is 421 g/mol. The highest BCUT2D eigenvalue weighted by Gasteiger charge is 2.19. The molecule has 1 aliphatic rings. The minimum atomic E-state index is -0.252. The predicted octanol–water partition coefficient (Wildman–Crippen LogP) is 3.75. The van der Waals surface area contributed by atoms with Crippen LogP contribution in [0.2, 0.25) is 0 Å². The Morgan fingerprint density at radius 2 is 2.20 bits per heavy atom. The number of hydrogen-bond donors (Lipinski definition) is 3. The van der Waals surface area contributed by atoms with Crippen LogP contribution in [-0.4, -0.2) is 27.4 Å². The van der Waals surface area contributed by atoms with Gasteiger partial charge < -0.3 is 15.6 Å². The van der Waals surface area contributed by atoms with Crippen molar-refractivity contribution < 1.29 is 4.79 Å². The number of fused-ring (bicyclic) bond motifs is 1. The van der Waals surface area contributed by atoms with E-state index in [2.05, 4.69) is 20.6 Å². The summed E-state index contributed by atoms with van der Waals surface area (Å²) in [5.41, 5.74) is 1.98. The van der Waals surface area contributed by atoms with Gasteiger partial charge in [0.2, 0.25) is 5.91 Å². The number of hydrogen-bond acceptors (Lipinski definition) is 6. The quantitative estimate of drug-likeness (QED) is 0.563. The second-order valence-electron chi connectivity index (χ2n) is 7.16. The first kappa shape index (κ1) is 20.0. The molecule has 3 aromatic rings. The van der Waals surface area contributed by atoms with E-state index in [1.54, 1.807) is 17.5 Å². The average molecular weight is 422 g/mol. The molecular weight excluding hydrogens is 398 g/mol. The van der Waals surface area contributed by atoms with E-state index in [1.807, 2.05) is 49.6 Å². The predicted molar refractivity (Wildman–Crippen MR) is 120 cm³/mol. The molecule has 0 radical (unpaired) electrons. The van der Waals surface area contributed by atoms with Crippen LogP contribution in [0.4, 0.5) is 5.82 Å². The topological polar surface area (TPSA) is 99.8 Å². The number of carbonyl (C=O) groups excluding carboxylic acids is 1. The summed E-state index contributed by atoms with van der Waals surface area (Å²) in [5.74, 6) is 0.196. The van der Waals surface area contributed by atoms with E-state index in [-0.39, 0.29) is 17.4 Å². The first-order valence-corrected chi connectivity index (χ1v) is 10.8. The highest BCUT2D eigenvalue weighted by Crippen LogP contribution is 2.28. The highest BCUT2D eigenvalue weighted by atomic mass is 32.1. The van der Waals surface area contributed by atoms with Gasteiger partial charge in [-0.2, -0.15) is 0 Å². The molecule has 1 aliphatic carbocycles. The van der Waals surface area contributed by atoms with E-state index < -0.39 is 0 Å². The van der Waals surface area contributed by atoms with Crippen molar-refractivity contribution in [2.24, 2.45) is 5.92 Å². The van der Waals surface area contributed by atoms with Gasteiger partial charge in [-0.05, 0) is 49.4 Å². The molecule has 7 nitrogen and oxygen atoms in total. The standard InChI is InChI=1S/C22H23N5O2S/c1-3-8-23-21(28)15-5-4-6-16(10-15)26-20-19-14(7-9-24-22(19)29)11-17(27-20)18-12-30-13(2)25-18/h4,6-7,9-12,15H,3,5,8H2,1-2H3,(H,23,28)(H,24,29)(H,26,27). The minimum absolute atomic E-state index is 0.00265. The first-order valence-electron chi connectivity index (χ1n) is 9.93. The number of aromatic amines is 1. The van der Waals surface area contributed by atoms with Crippen LogP contribution < -0.4 is 16.2 Å². The van der Waals surface area contributed by atoms with E-state index in [0.29, 0.717) is 29.9 Å². The fourth-order valence-corrected chi connectivity index (χ4v) is 3.99. The Balaban J connectivity index is 1.72. The number of aryl methyl sites for hydroxylation is 1. The van der Waals surface area contributed by atoms with Crippen LogP contribution in [0.5, 0.6) is 0 Å². The number of H-pyrrole nitrogens is 1. The summed E-state index contributed by atoms with van der Waals surface area (Å²) in [6.45, 7) is 4.63. The van der Waals surface area contributed by atoms with Crippen molar-refractivity contribution in [3.05, 3.63) is 63.0 Å². The first-order chi connectivity index (χ1) is 14.5. The minimum Gasteiger partial charge on any atom is -0.356 e. The van der Waals surface area contributed by atoms with Crippen molar-refractivity contribution in [3.63, 3.8) is 0 Å². The van der Waals surface area contributed by atoms with Gasteiger partial charge in [-0.3, -0.25) is 9.59 Å². The zero-order valence-corrected chi connectivity index (χ0v) is 17.7. The van der Waals surface area contributed by atoms with Crippen LogP contribution in [0, 0.1) is 12.8 Å². The summed E-state index contributed by atoms with van der Waals surface area (Å²) in [6, 6.07) is 3.72. The number of thiazole rings is 1. The summed E-state index contributed by atoms with van der Waals surface area (Å²) >= 11 is 1.55. The largest absolute Gasteiger partial charge is 0.356 e. The number of amides is 1. The van der Waals surface area contributed by atoms with Crippen molar-refractivity contribution in [2.45, 2.75) is 26.7 Å². The summed E-state index contributed by atoms with van der Waals surface area (Å²) < 4.78 is 0. The molecule has 4 rings (SSSR count). The van der Waals surface area contributed by atoms with Crippen LogP contribution in [-0.2, 0) is 4.79 Å². The molecule has 1 atom stereocenters. The van der Waals surface area contributed by atoms with Gasteiger partial charge in [0.05, 0.1) is 27.7 Å². The molecule has 1 amide bonds. The average Bonchev–Trinajstić information content (AvgIpc) is 3.18. The molecule has 154 valence electrons. The molecule has 3 N–H and O–H groups in total. The summed E-state index contributed by atoms with van der Waals surface area (Å²) in [5, 5.41) is 10.3. The van der Waals surface area contributed by atoms with Crippen LogP contribution >= 0.6 is 11.3 Å². The van der Waals surface area contributed by atoms with Crippen molar-refractivity contribution in [3.8, 4) is 11.4 Å². The van der Waals surface area contributed by atoms with Gasteiger partial charge in [0.1, 0.15) is 5.82 Å². The smallest absolute Gasteiger partial charge is 0.259 e. The van der Waals surface area contributed by atoms with Gasteiger partial charge in [-0.1, -0.05) is 13.0 Å². The Bertz CT molecular complexity index is 1210. The lowest BCUT2D eigenvalue weighted by Gasteiger charge is -2.18. The molecule has 8 heteroatoms. The molecule has 0 saturated heterocycles. The molecule has 3 heterocycles. The van der Waals surface area contributed by atoms with Gasteiger partial charge in [0.15, 0.2) is 0 Å². The van der Waals surface area contributed by atoms with Gasteiger partial charge in [0, 0.05) is 23.8 Å². The van der Waals surface area contributed by atoms with E-state index in [4.69, 9.17) is 4.98 Å². The molecule has 1 unspecified atom stereocenters. The number of rotatable bonds is 6. The van der Waals surface area contributed by atoms with Crippen LogP contribution in [0.1, 0.15) is 24.8 Å². The van der Waals surface area contributed by atoms with Crippen LogP contribution in [0.15, 0.2) is 52.4 Å². The number of aromatic nitrogens is 3. The van der Waals surface area contributed by atoms with Crippen LogP contribution in [0.25, 0.3) is 22.2 Å². The summed E-state index contributed by atoms with van der Waals surface area (Å²) in [7, 11) is 0. The lowest BCUT2D eigenvalue weighted by atomic mass is 9.98. The molecule has 3 aromatic heterocycles. The fraction of sp³-hybridized carbons (Fsp3) is 0.273. The second-order valence-corrected chi connectivity index (χ2v) is 8.22. The third-order valence-electron chi connectivity index (χ3n) is 4.85. The number of pyridine rings is 2. The number of carbonyl (C=O) groups is 1. The molecule has 30 heavy (non-hydrogen) atoms. The zero-order valence-electron chi connectivity index (χ0n) is 16.9. The number of nitrogens with one attached hydrogen (secondary N) is 3. The van der Waals surface area contributed by atoms with E-state index in [9.17, 15) is 9.59 Å². The molecule has 0 aromatic carbocycles. The van der Waals surface area contributed by atoms with E-state index >= 15 is 0 Å². The Hall–Kier alpha value is -3.26. The maximum atomic E-state index is 12.5. The van der Waals surface area contributed by atoms with E-state index in [1.165, 1.54) is 0 Å². The lowest BCUT2D eigenvalue weighted by Crippen LogP contribution is -2.31. The number of allylic oxidation sites excluding steroid dienone is 2. The molecule has 0 aliphatic heterocycles.